The average molecular weight is 190 g/mol. The van der Waals surface area contributed by atoms with Crippen LogP contribution in [0.3, 0.4) is 0 Å². The molecule has 80 valence electrons. The molecule has 3 N–H and O–H groups in total. The van der Waals surface area contributed by atoms with Crippen molar-refractivity contribution in [3.63, 3.8) is 0 Å². The third-order valence-corrected chi connectivity index (χ3v) is 2.57. The van der Waals surface area contributed by atoms with Crippen LogP contribution in [-0.4, -0.2) is 34.6 Å². The van der Waals surface area contributed by atoms with Gasteiger partial charge in [-0.1, -0.05) is 13.8 Å². The molecular weight excluding hydrogens is 168 g/mol. The van der Waals surface area contributed by atoms with Gasteiger partial charge in [-0.25, -0.2) is 0 Å². The lowest BCUT2D eigenvalue weighted by atomic mass is 9.88. The molecule has 0 rings (SSSR count). The normalized spacial score (nSPS) is 18.2. The summed E-state index contributed by atoms with van der Waals surface area (Å²) in [5.74, 6) is 0.340. The van der Waals surface area contributed by atoms with E-state index in [1.54, 1.807) is 0 Å². The van der Waals surface area contributed by atoms with Crippen LogP contribution in [0.4, 0.5) is 0 Å². The smallest absolute Gasteiger partial charge is 0.0592 e. The van der Waals surface area contributed by atoms with Crippen molar-refractivity contribution in [1.29, 1.82) is 0 Å². The average Bonchev–Trinajstić information content (AvgIpc) is 2.13. The first-order chi connectivity index (χ1) is 6.13. The molecule has 0 aromatic carbocycles. The quantitative estimate of drug-likeness (QED) is 0.556. The maximum atomic E-state index is 9.75. The highest BCUT2D eigenvalue weighted by Crippen LogP contribution is 2.19. The fourth-order valence-electron chi connectivity index (χ4n) is 1.52. The van der Waals surface area contributed by atoms with Crippen molar-refractivity contribution in [2.75, 3.05) is 13.2 Å². The standard InChI is InChI=1S/C10H22O3/c1-8(4-3-6-11)10(13)9(2)5-7-12/h8-13H,3-7H2,1-2H3/t8-,9-,10-/m1/s1. The zero-order valence-corrected chi connectivity index (χ0v) is 8.61. The first kappa shape index (κ1) is 12.9. The third-order valence-electron chi connectivity index (χ3n) is 2.57. The predicted octanol–water partition coefficient (Wildman–Crippen LogP) is 0.774. The predicted molar refractivity (Wildman–Crippen MR) is 52.4 cm³/mol. The van der Waals surface area contributed by atoms with Gasteiger partial charge in [-0.15, -0.1) is 0 Å². The van der Waals surface area contributed by atoms with E-state index < -0.39 is 0 Å². The Balaban J connectivity index is 3.71. The van der Waals surface area contributed by atoms with Gasteiger partial charge >= 0.3 is 0 Å². The molecule has 0 saturated heterocycles. The summed E-state index contributed by atoms with van der Waals surface area (Å²) in [6.45, 7) is 4.24. The number of aliphatic hydroxyl groups excluding tert-OH is 3. The zero-order valence-electron chi connectivity index (χ0n) is 8.61. The Morgan fingerprint density at radius 3 is 1.92 bits per heavy atom. The van der Waals surface area contributed by atoms with Gasteiger partial charge in [-0.05, 0) is 31.1 Å². The van der Waals surface area contributed by atoms with E-state index in [1.807, 2.05) is 13.8 Å². The zero-order chi connectivity index (χ0) is 10.3. The lowest BCUT2D eigenvalue weighted by Gasteiger charge is -2.24. The van der Waals surface area contributed by atoms with Gasteiger partial charge in [0.05, 0.1) is 6.10 Å². The Hall–Kier alpha value is -0.120. The second-order valence-corrected chi connectivity index (χ2v) is 3.82. The van der Waals surface area contributed by atoms with E-state index in [9.17, 15) is 5.11 Å². The second kappa shape index (κ2) is 7.30. The Morgan fingerprint density at radius 2 is 1.46 bits per heavy atom. The first-order valence-corrected chi connectivity index (χ1v) is 5.03. The van der Waals surface area contributed by atoms with Gasteiger partial charge in [0.15, 0.2) is 0 Å². The molecule has 3 nitrogen and oxygen atoms in total. The van der Waals surface area contributed by atoms with E-state index in [0.717, 1.165) is 12.8 Å². The molecular formula is C10H22O3. The van der Waals surface area contributed by atoms with Crippen molar-refractivity contribution in [1.82, 2.24) is 0 Å². The van der Waals surface area contributed by atoms with Crippen molar-refractivity contribution >= 4 is 0 Å². The van der Waals surface area contributed by atoms with E-state index in [4.69, 9.17) is 10.2 Å². The van der Waals surface area contributed by atoms with Crippen LogP contribution in [0.25, 0.3) is 0 Å². The largest absolute Gasteiger partial charge is 0.396 e. The molecule has 0 aromatic rings. The van der Waals surface area contributed by atoms with Crippen molar-refractivity contribution in [3.8, 4) is 0 Å². The second-order valence-electron chi connectivity index (χ2n) is 3.82. The number of aliphatic hydroxyl groups is 3. The number of hydrogen-bond acceptors (Lipinski definition) is 3. The van der Waals surface area contributed by atoms with Gasteiger partial charge in [0.2, 0.25) is 0 Å². The summed E-state index contributed by atoms with van der Waals surface area (Å²) >= 11 is 0. The van der Waals surface area contributed by atoms with Crippen LogP contribution in [0.2, 0.25) is 0 Å². The minimum atomic E-state index is -0.362. The maximum absolute atomic E-state index is 9.75. The summed E-state index contributed by atoms with van der Waals surface area (Å²) in [6.07, 6.45) is 1.86. The Kier molecular flexibility index (Phi) is 7.23. The van der Waals surface area contributed by atoms with Crippen LogP contribution in [-0.2, 0) is 0 Å². The van der Waals surface area contributed by atoms with E-state index in [1.165, 1.54) is 0 Å². The highest BCUT2D eigenvalue weighted by atomic mass is 16.3. The Bertz CT molecular complexity index is 117. The summed E-state index contributed by atoms with van der Waals surface area (Å²) in [4.78, 5) is 0. The molecule has 0 radical (unpaired) electrons. The number of rotatable bonds is 7. The van der Waals surface area contributed by atoms with Gasteiger partial charge in [-0.3, -0.25) is 0 Å². The number of hydrogen-bond donors (Lipinski definition) is 3. The molecule has 3 heteroatoms. The van der Waals surface area contributed by atoms with E-state index in [0.29, 0.717) is 6.42 Å². The van der Waals surface area contributed by atoms with E-state index in [-0.39, 0.29) is 31.2 Å². The molecule has 0 heterocycles. The minimum Gasteiger partial charge on any atom is -0.396 e. The van der Waals surface area contributed by atoms with Crippen LogP contribution in [0, 0.1) is 11.8 Å². The van der Waals surface area contributed by atoms with E-state index >= 15 is 0 Å². The molecule has 0 bridgehead atoms. The highest BCUT2D eigenvalue weighted by Gasteiger charge is 2.19. The molecule has 3 atom stereocenters. The summed E-state index contributed by atoms with van der Waals surface area (Å²) in [6, 6.07) is 0. The molecule has 0 unspecified atom stereocenters. The van der Waals surface area contributed by atoms with Crippen molar-refractivity contribution in [3.05, 3.63) is 0 Å². The van der Waals surface area contributed by atoms with Crippen molar-refractivity contribution in [2.45, 2.75) is 39.2 Å². The van der Waals surface area contributed by atoms with Gasteiger partial charge < -0.3 is 15.3 Å². The molecule has 0 aromatic heterocycles. The van der Waals surface area contributed by atoms with Crippen LogP contribution in [0.5, 0.6) is 0 Å². The van der Waals surface area contributed by atoms with Gasteiger partial charge in [-0.2, -0.15) is 0 Å². The monoisotopic (exact) mass is 190 g/mol. The lowest BCUT2D eigenvalue weighted by molar-refractivity contribution is 0.0469. The van der Waals surface area contributed by atoms with Crippen LogP contribution in [0.1, 0.15) is 33.1 Å². The summed E-state index contributed by atoms with van der Waals surface area (Å²) in [5.41, 5.74) is 0. The molecule has 0 spiro atoms. The van der Waals surface area contributed by atoms with Crippen LogP contribution >= 0.6 is 0 Å². The molecule has 0 saturated carbocycles. The lowest BCUT2D eigenvalue weighted by Crippen LogP contribution is -2.26. The van der Waals surface area contributed by atoms with Crippen LogP contribution < -0.4 is 0 Å². The highest BCUT2D eigenvalue weighted by molar-refractivity contribution is 4.70. The van der Waals surface area contributed by atoms with Crippen molar-refractivity contribution < 1.29 is 15.3 Å². The summed E-state index contributed by atoms with van der Waals surface area (Å²) in [5, 5.41) is 27.1. The minimum absolute atomic E-state index is 0.130. The fourth-order valence-corrected chi connectivity index (χ4v) is 1.52. The van der Waals surface area contributed by atoms with Crippen molar-refractivity contribution in [2.24, 2.45) is 11.8 Å². The fraction of sp³-hybridized carbons (Fsp3) is 1.00. The molecule has 13 heavy (non-hydrogen) atoms. The Labute approximate surface area is 80.4 Å². The molecule has 0 fully saturated rings. The molecule has 0 aliphatic heterocycles. The van der Waals surface area contributed by atoms with Crippen LogP contribution in [0.15, 0.2) is 0 Å². The molecule has 0 aliphatic rings. The van der Waals surface area contributed by atoms with E-state index in [2.05, 4.69) is 0 Å². The maximum Gasteiger partial charge on any atom is 0.0592 e. The van der Waals surface area contributed by atoms with Gasteiger partial charge in [0.25, 0.3) is 0 Å². The first-order valence-electron chi connectivity index (χ1n) is 5.03. The SMILES string of the molecule is C[C@H](CCO)[C@H](O)[C@H](C)CCCO. The topological polar surface area (TPSA) is 60.7 Å². The molecule has 0 aliphatic carbocycles. The van der Waals surface area contributed by atoms with Gasteiger partial charge in [0.1, 0.15) is 0 Å². The van der Waals surface area contributed by atoms with Gasteiger partial charge in [0, 0.05) is 13.2 Å². The molecule has 0 amide bonds. The summed E-state index contributed by atoms with van der Waals surface area (Å²) in [7, 11) is 0. The summed E-state index contributed by atoms with van der Waals surface area (Å²) < 4.78 is 0. The third kappa shape index (κ3) is 5.24. The Morgan fingerprint density at radius 1 is 0.923 bits per heavy atom.